The molecule has 0 saturated carbocycles. The van der Waals surface area contributed by atoms with E-state index in [0.29, 0.717) is 10.6 Å². The monoisotopic (exact) mass is 385 g/mol. The lowest BCUT2D eigenvalue weighted by molar-refractivity contribution is 0.185. The van der Waals surface area contributed by atoms with Crippen LogP contribution in [0.15, 0.2) is 58.0 Å². The molecule has 2 aromatic heterocycles. The van der Waals surface area contributed by atoms with Crippen LogP contribution in [0.2, 0.25) is 0 Å². The van der Waals surface area contributed by atoms with Crippen molar-refractivity contribution in [3.63, 3.8) is 0 Å². The quantitative estimate of drug-likeness (QED) is 0.682. The molecule has 0 aliphatic heterocycles. The molecule has 2 heterocycles. The molecule has 5 nitrogen and oxygen atoms in total. The Hall–Kier alpha value is -2.07. The minimum Gasteiger partial charge on any atom is -0.464 e. The lowest BCUT2D eigenvalue weighted by Crippen LogP contribution is -2.29. The van der Waals surface area contributed by atoms with Crippen LogP contribution in [0.25, 0.3) is 10.6 Å². The SMILES string of the molecule is O=S(=O)(NCC(O)c1ccc(-c2ccco2)s1)c1c(F)cccc1F. The summed E-state index contributed by atoms with van der Waals surface area (Å²) in [6, 6.07) is 9.61. The van der Waals surface area contributed by atoms with E-state index in [1.807, 2.05) is 4.72 Å². The summed E-state index contributed by atoms with van der Waals surface area (Å²) in [6.45, 7) is -0.422. The maximum absolute atomic E-state index is 13.6. The zero-order valence-corrected chi connectivity index (χ0v) is 14.3. The van der Waals surface area contributed by atoms with E-state index < -0.39 is 39.2 Å². The molecule has 0 amide bonds. The highest BCUT2D eigenvalue weighted by molar-refractivity contribution is 7.89. The second kappa shape index (κ2) is 7.04. The third-order valence-corrected chi connectivity index (χ3v) is 6.05. The number of benzene rings is 1. The standard InChI is InChI=1S/C16H13F2NO4S2/c17-10-3-1-4-11(18)16(10)25(21,22)19-9-12(20)14-6-7-15(24-14)13-5-2-8-23-13/h1-8,12,19-20H,9H2. The van der Waals surface area contributed by atoms with Crippen molar-refractivity contribution < 1.29 is 26.7 Å². The van der Waals surface area contributed by atoms with Crippen LogP contribution in [-0.2, 0) is 10.0 Å². The van der Waals surface area contributed by atoms with E-state index in [1.165, 1.54) is 17.6 Å². The normalized spacial score (nSPS) is 13.1. The smallest absolute Gasteiger partial charge is 0.246 e. The predicted octanol–water partition coefficient (Wildman–Crippen LogP) is 3.30. The summed E-state index contributed by atoms with van der Waals surface area (Å²) in [5, 5.41) is 10.1. The van der Waals surface area contributed by atoms with E-state index >= 15 is 0 Å². The number of hydrogen-bond donors (Lipinski definition) is 2. The van der Waals surface area contributed by atoms with Gasteiger partial charge < -0.3 is 9.52 Å². The maximum atomic E-state index is 13.6. The molecule has 0 saturated heterocycles. The van der Waals surface area contributed by atoms with Gasteiger partial charge in [-0.1, -0.05) is 6.07 Å². The molecule has 9 heteroatoms. The zero-order valence-electron chi connectivity index (χ0n) is 12.6. The number of nitrogens with one attached hydrogen (secondary N) is 1. The summed E-state index contributed by atoms with van der Waals surface area (Å²) in [4.78, 5) is 0.190. The molecule has 3 aromatic rings. The average molecular weight is 385 g/mol. The summed E-state index contributed by atoms with van der Waals surface area (Å²) < 4.78 is 58.7. The molecule has 0 radical (unpaired) electrons. The fraction of sp³-hybridized carbons (Fsp3) is 0.125. The second-order valence-corrected chi connectivity index (χ2v) is 7.92. The van der Waals surface area contributed by atoms with Crippen LogP contribution in [0.1, 0.15) is 11.0 Å². The summed E-state index contributed by atoms with van der Waals surface area (Å²) in [5.41, 5.74) is 0. The Balaban J connectivity index is 1.73. The Morgan fingerprint density at radius 1 is 1.12 bits per heavy atom. The number of thiophene rings is 1. The van der Waals surface area contributed by atoms with E-state index in [2.05, 4.69) is 0 Å². The summed E-state index contributed by atoms with van der Waals surface area (Å²) in [7, 11) is -4.43. The second-order valence-electron chi connectivity index (χ2n) is 5.10. The fourth-order valence-corrected chi connectivity index (χ4v) is 4.32. The van der Waals surface area contributed by atoms with Crippen molar-refractivity contribution in [2.75, 3.05) is 6.54 Å². The fourth-order valence-electron chi connectivity index (χ4n) is 2.18. The van der Waals surface area contributed by atoms with Gasteiger partial charge in [0.15, 0.2) is 4.90 Å². The van der Waals surface area contributed by atoms with Gasteiger partial charge in [-0.25, -0.2) is 21.9 Å². The van der Waals surface area contributed by atoms with Gasteiger partial charge in [-0.3, -0.25) is 0 Å². The topological polar surface area (TPSA) is 79.5 Å². The minimum absolute atomic E-state index is 0.422. The van der Waals surface area contributed by atoms with Gasteiger partial charge >= 0.3 is 0 Å². The maximum Gasteiger partial charge on any atom is 0.246 e. The van der Waals surface area contributed by atoms with Crippen molar-refractivity contribution in [2.24, 2.45) is 0 Å². The first kappa shape index (κ1) is 17.7. The number of aliphatic hydroxyl groups is 1. The van der Waals surface area contributed by atoms with Gasteiger partial charge in [-0.15, -0.1) is 11.3 Å². The van der Waals surface area contributed by atoms with Crippen LogP contribution in [-0.4, -0.2) is 20.1 Å². The molecule has 25 heavy (non-hydrogen) atoms. The molecule has 1 unspecified atom stereocenters. The highest BCUT2D eigenvalue weighted by Crippen LogP contribution is 2.31. The molecule has 1 aromatic carbocycles. The largest absolute Gasteiger partial charge is 0.464 e. The Bertz CT molecular complexity index is 948. The number of furan rings is 1. The van der Waals surface area contributed by atoms with Crippen LogP contribution in [0.4, 0.5) is 8.78 Å². The lowest BCUT2D eigenvalue weighted by atomic mass is 10.3. The number of hydrogen-bond acceptors (Lipinski definition) is 5. The lowest BCUT2D eigenvalue weighted by Gasteiger charge is -2.12. The van der Waals surface area contributed by atoms with Crippen molar-refractivity contribution in [1.29, 1.82) is 0 Å². The van der Waals surface area contributed by atoms with E-state index in [4.69, 9.17) is 4.42 Å². The van der Waals surface area contributed by atoms with E-state index in [0.717, 1.165) is 23.1 Å². The number of aliphatic hydroxyl groups excluding tert-OH is 1. The summed E-state index contributed by atoms with van der Waals surface area (Å²) in [6.07, 6.45) is 0.348. The van der Waals surface area contributed by atoms with Crippen LogP contribution in [0, 0.1) is 11.6 Å². The molecule has 0 aliphatic rings. The first-order valence-electron chi connectivity index (χ1n) is 7.14. The summed E-state index contributed by atoms with van der Waals surface area (Å²) >= 11 is 1.22. The van der Waals surface area contributed by atoms with Crippen molar-refractivity contribution in [3.8, 4) is 10.6 Å². The molecule has 132 valence electrons. The van der Waals surface area contributed by atoms with E-state index in [-0.39, 0.29) is 0 Å². The van der Waals surface area contributed by atoms with Gasteiger partial charge in [0.1, 0.15) is 23.5 Å². The Kier molecular flexibility index (Phi) is 5.00. The van der Waals surface area contributed by atoms with Crippen molar-refractivity contribution in [3.05, 3.63) is 65.2 Å². The van der Waals surface area contributed by atoms with Crippen LogP contribution >= 0.6 is 11.3 Å². The number of sulfonamides is 1. The highest BCUT2D eigenvalue weighted by Gasteiger charge is 2.25. The molecule has 0 fully saturated rings. The molecular formula is C16H13F2NO4S2. The van der Waals surface area contributed by atoms with E-state index in [1.54, 1.807) is 24.3 Å². The molecule has 1 atom stereocenters. The van der Waals surface area contributed by atoms with E-state index in [9.17, 15) is 22.3 Å². The Morgan fingerprint density at radius 3 is 2.48 bits per heavy atom. The van der Waals surface area contributed by atoms with Crippen LogP contribution < -0.4 is 4.72 Å². The Labute approximate surface area is 146 Å². The third kappa shape index (κ3) is 3.79. The highest BCUT2D eigenvalue weighted by atomic mass is 32.2. The van der Waals surface area contributed by atoms with Gasteiger partial charge in [0, 0.05) is 11.4 Å². The van der Waals surface area contributed by atoms with Crippen molar-refractivity contribution in [2.45, 2.75) is 11.0 Å². The van der Waals surface area contributed by atoms with Gasteiger partial charge in [0.05, 0.1) is 11.1 Å². The molecule has 2 N–H and O–H groups in total. The number of halogens is 2. The van der Waals surface area contributed by atoms with Crippen molar-refractivity contribution in [1.82, 2.24) is 4.72 Å². The van der Waals surface area contributed by atoms with Gasteiger partial charge in [0.25, 0.3) is 0 Å². The Morgan fingerprint density at radius 2 is 1.84 bits per heavy atom. The average Bonchev–Trinajstić information content (AvgIpc) is 3.23. The number of rotatable bonds is 6. The first-order valence-corrected chi connectivity index (χ1v) is 9.44. The van der Waals surface area contributed by atoms with Gasteiger partial charge in [-0.05, 0) is 36.4 Å². The molecule has 0 aliphatic carbocycles. The summed E-state index contributed by atoms with van der Waals surface area (Å²) in [5.74, 6) is -1.77. The van der Waals surface area contributed by atoms with Gasteiger partial charge in [-0.2, -0.15) is 0 Å². The van der Waals surface area contributed by atoms with Gasteiger partial charge in [0.2, 0.25) is 10.0 Å². The molecule has 3 rings (SSSR count). The molecular weight excluding hydrogens is 372 g/mol. The van der Waals surface area contributed by atoms with Crippen LogP contribution in [0.5, 0.6) is 0 Å². The predicted molar refractivity (Wildman–Crippen MR) is 88.5 cm³/mol. The van der Waals surface area contributed by atoms with Crippen molar-refractivity contribution >= 4 is 21.4 Å². The van der Waals surface area contributed by atoms with Crippen LogP contribution in [0.3, 0.4) is 0 Å². The zero-order chi connectivity index (χ0) is 18.0. The minimum atomic E-state index is -4.43. The third-order valence-electron chi connectivity index (χ3n) is 3.37. The molecule has 0 bridgehead atoms. The molecule has 0 spiro atoms. The first-order chi connectivity index (χ1) is 11.9.